The van der Waals surface area contributed by atoms with Crippen LogP contribution in [0.15, 0.2) is 0 Å². The quantitative estimate of drug-likeness (QED) is 0.833. The number of likely N-dealkylation sites (N-methyl/N-ethyl adjacent to an activating group) is 1. The van der Waals surface area contributed by atoms with E-state index in [4.69, 9.17) is 5.73 Å². The lowest BCUT2D eigenvalue weighted by Gasteiger charge is -2.51. The molecular formula is C17H36N4. The van der Waals surface area contributed by atoms with E-state index < -0.39 is 0 Å². The Morgan fingerprint density at radius 3 is 2.19 bits per heavy atom. The van der Waals surface area contributed by atoms with Gasteiger partial charge in [-0.15, -0.1) is 0 Å². The zero-order valence-corrected chi connectivity index (χ0v) is 14.6. The van der Waals surface area contributed by atoms with Crippen LogP contribution in [0.3, 0.4) is 0 Å². The summed E-state index contributed by atoms with van der Waals surface area (Å²) in [5.74, 6) is 0.766. The fraction of sp³-hybridized carbons (Fsp3) is 1.00. The van der Waals surface area contributed by atoms with Crippen LogP contribution >= 0.6 is 0 Å². The van der Waals surface area contributed by atoms with Gasteiger partial charge in [-0.1, -0.05) is 13.8 Å². The molecule has 2 N–H and O–H groups in total. The largest absolute Gasteiger partial charge is 0.329 e. The van der Waals surface area contributed by atoms with Gasteiger partial charge in [-0.05, 0) is 71.9 Å². The van der Waals surface area contributed by atoms with Crippen molar-refractivity contribution in [2.24, 2.45) is 11.7 Å². The molecule has 0 unspecified atom stereocenters. The van der Waals surface area contributed by atoms with Gasteiger partial charge in [0.15, 0.2) is 0 Å². The molecule has 2 aliphatic heterocycles. The molecule has 0 bridgehead atoms. The van der Waals surface area contributed by atoms with Crippen molar-refractivity contribution in [3.8, 4) is 0 Å². The van der Waals surface area contributed by atoms with Crippen molar-refractivity contribution in [2.45, 2.75) is 51.1 Å². The van der Waals surface area contributed by atoms with Crippen molar-refractivity contribution in [2.75, 3.05) is 53.4 Å². The standard InChI is InChI=1S/C17H36N4/c1-15(2)13-21-11-7-17(14-18,8-12-21)20(4)16-5-9-19(3)10-6-16/h15-16H,5-14,18H2,1-4H3. The molecule has 4 heteroatoms. The first-order valence-electron chi connectivity index (χ1n) is 8.81. The number of hydrogen-bond acceptors (Lipinski definition) is 4. The van der Waals surface area contributed by atoms with Crippen molar-refractivity contribution < 1.29 is 0 Å². The highest BCUT2D eigenvalue weighted by molar-refractivity contribution is 4.98. The summed E-state index contributed by atoms with van der Waals surface area (Å²) in [4.78, 5) is 7.73. The molecule has 0 radical (unpaired) electrons. The molecule has 124 valence electrons. The molecule has 2 heterocycles. The Morgan fingerprint density at radius 2 is 1.71 bits per heavy atom. The third-order valence-electron chi connectivity index (χ3n) is 5.77. The Bertz CT molecular complexity index is 302. The predicted molar refractivity (Wildman–Crippen MR) is 90.6 cm³/mol. The number of piperidine rings is 2. The molecule has 0 aromatic rings. The number of likely N-dealkylation sites (tertiary alicyclic amines) is 2. The van der Waals surface area contributed by atoms with Crippen LogP contribution in [0.5, 0.6) is 0 Å². The van der Waals surface area contributed by atoms with Crippen LogP contribution in [0, 0.1) is 5.92 Å². The second-order valence-corrected chi connectivity index (χ2v) is 7.77. The van der Waals surface area contributed by atoms with Gasteiger partial charge in [-0.2, -0.15) is 0 Å². The highest BCUT2D eigenvalue weighted by atomic mass is 15.3. The molecule has 2 saturated heterocycles. The van der Waals surface area contributed by atoms with E-state index in [0.29, 0.717) is 0 Å². The number of nitrogens with zero attached hydrogens (tertiary/aromatic N) is 3. The lowest BCUT2D eigenvalue weighted by atomic mass is 9.83. The summed E-state index contributed by atoms with van der Waals surface area (Å²) < 4.78 is 0. The van der Waals surface area contributed by atoms with E-state index in [1.54, 1.807) is 0 Å². The highest BCUT2D eigenvalue weighted by Crippen LogP contribution is 2.31. The fourth-order valence-electron chi connectivity index (χ4n) is 4.14. The monoisotopic (exact) mass is 296 g/mol. The van der Waals surface area contributed by atoms with Gasteiger partial charge in [0.25, 0.3) is 0 Å². The van der Waals surface area contributed by atoms with E-state index in [2.05, 4.69) is 42.6 Å². The maximum Gasteiger partial charge on any atom is 0.0355 e. The highest BCUT2D eigenvalue weighted by Gasteiger charge is 2.40. The van der Waals surface area contributed by atoms with E-state index in [9.17, 15) is 0 Å². The molecule has 0 aromatic carbocycles. The summed E-state index contributed by atoms with van der Waals surface area (Å²) in [6.45, 7) is 11.6. The third-order valence-corrected chi connectivity index (χ3v) is 5.77. The molecule has 4 nitrogen and oxygen atoms in total. The molecule has 2 fully saturated rings. The average molecular weight is 297 g/mol. The maximum atomic E-state index is 6.25. The van der Waals surface area contributed by atoms with Crippen LogP contribution in [0.2, 0.25) is 0 Å². The molecule has 0 amide bonds. The summed E-state index contributed by atoms with van der Waals surface area (Å²) >= 11 is 0. The molecular weight excluding hydrogens is 260 g/mol. The summed E-state index contributed by atoms with van der Waals surface area (Å²) in [6, 6.07) is 0.724. The van der Waals surface area contributed by atoms with Crippen LogP contribution in [0.1, 0.15) is 39.5 Å². The Morgan fingerprint density at radius 1 is 1.14 bits per heavy atom. The van der Waals surface area contributed by atoms with Gasteiger partial charge in [0.1, 0.15) is 0 Å². The molecule has 0 aromatic heterocycles. The topological polar surface area (TPSA) is 35.7 Å². The number of nitrogens with two attached hydrogens (primary N) is 1. The van der Waals surface area contributed by atoms with Gasteiger partial charge in [-0.3, -0.25) is 4.90 Å². The molecule has 2 aliphatic rings. The van der Waals surface area contributed by atoms with E-state index in [1.807, 2.05) is 0 Å². The van der Waals surface area contributed by atoms with E-state index in [-0.39, 0.29) is 5.54 Å². The molecule has 2 rings (SSSR count). The van der Waals surface area contributed by atoms with Gasteiger partial charge in [0, 0.05) is 24.7 Å². The van der Waals surface area contributed by atoms with Crippen LogP contribution in [0.25, 0.3) is 0 Å². The second-order valence-electron chi connectivity index (χ2n) is 7.77. The molecule has 21 heavy (non-hydrogen) atoms. The van der Waals surface area contributed by atoms with E-state index >= 15 is 0 Å². The number of hydrogen-bond donors (Lipinski definition) is 1. The van der Waals surface area contributed by atoms with Crippen molar-refractivity contribution in [1.82, 2.24) is 14.7 Å². The third kappa shape index (κ3) is 4.19. The summed E-state index contributed by atoms with van der Waals surface area (Å²) in [7, 11) is 4.57. The van der Waals surface area contributed by atoms with Crippen molar-refractivity contribution in [3.05, 3.63) is 0 Å². The first-order chi connectivity index (χ1) is 9.97. The zero-order chi connectivity index (χ0) is 15.5. The van der Waals surface area contributed by atoms with Gasteiger partial charge in [0.2, 0.25) is 0 Å². The van der Waals surface area contributed by atoms with Crippen LogP contribution in [0.4, 0.5) is 0 Å². The number of rotatable bonds is 5. The first kappa shape index (κ1) is 17.2. The molecule has 0 atom stereocenters. The summed E-state index contributed by atoms with van der Waals surface area (Å²) in [5, 5.41) is 0. The minimum absolute atomic E-state index is 0.244. The Labute approximate surface area is 131 Å². The van der Waals surface area contributed by atoms with Crippen LogP contribution in [-0.4, -0.2) is 79.6 Å². The van der Waals surface area contributed by atoms with Crippen molar-refractivity contribution in [3.63, 3.8) is 0 Å². The molecule has 0 spiro atoms. The van der Waals surface area contributed by atoms with E-state index in [1.165, 1.54) is 58.4 Å². The first-order valence-corrected chi connectivity index (χ1v) is 8.81. The lowest BCUT2D eigenvalue weighted by Crippen LogP contribution is -2.62. The van der Waals surface area contributed by atoms with Crippen LogP contribution < -0.4 is 5.73 Å². The summed E-state index contributed by atoms with van der Waals surface area (Å²) in [6.07, 6.45) is 5.06. The fourth-order valence-corrected chi connectivity index (χ4v) is 4.14. The predicted octanol–water partition coefficient (Wildman–Crippen LogP) is 1.46. The second kappa shape index (κ2) is 7.40. The minimum atomic E-state index is 0.244. The van der Waals surface area contributed by atoms with Gasteiger partial charge in [0.05, 0.1) is 0 Å². The minimum Gasteiger partial charge on any atom is -0.329 e. The smallest absolute Gasteiger partial charge is 0.0355 e. The normalized spacial score (nSPS) is 25.9. The van der Waals surface area contributed by atoms with Crippen molar-refractivity contribution in [1.29, 1.82) is 0 Å². The Kier molecular flexibility index (Phi) is 6.06. The Balaban J connectivity index is 1.92. The SMILES string of the molecule is CC(C)CN1CCC(CN)(N(C)C2CCN(C)CC2)CC1. The van der Waals surface area contributed by atoms with Gasteiger partial charge < -0.3 is 15.5 Å². The lowest BCUT2D eigenvalue weighted by molar-refractivity contribution is -0.00331. The summed E-state index contributed by atoms with van der Waals surface area (Å²) in [5.41, 5.74) is 6.49. The molecule has 0 aliphatic carbocycles. The maximum absolute atomic E-state index is 6.25. The zero-order valence-electron chi connectivity index (χ0n) is 14.6. The average Bonchev–Trinajstić information content (AvgIpc) is 2.48. The molecule has 0 saturated carbocycles. The van der Waals surface area contributed by atoms with E-state index in [0.717, 1.165) is 18.5 Å². The van der Waals surface area contributed by atoms with Crippen molar-refractivity contribution >= 4 is 0 Å². The Hall–Kier alpha value is -0.160. The van der Waals surface area contributed by atoms with Gasteiger partial charge in [-0.25, -0.2) is 0 Å². The van der Waals surface area contributed by atoms with Crippen LogP contribution in [-0.2, 0) is 0 Å². The van der Waals surface area contributed by atoms with Gasteiger partial charge >= 0.3 is 0 Å².